The Morgan fingerprint density at radius 3 is 2.42 bits per heavy atom. The van der Waals surface area contributed by atoms with Crippen molar-refractivity contribution in [3.8, 4) is 5.75 Å². The molecule has 6 heteroatoms. The van der Waals surface area contributed by atoms with Gasteiger partial charge in [-0.3, -0.25) is 4.90 Å². The molecular weight excluding hydrogens is 480 g/mol. The third-order valence-electron chi connectivity index (χ3n) is 7.13. The molecular formula is C27H43BrN2O3. The second-order valence-corrected chi connectivity index (χ2v) is 11.8. The van der Waals surface area contributed by atoms with Crippen LogP contribution < -0.4 is 4.74 Å². The van der Waals surface area contributed by atoms with E-state index in [1.54, 1.807) is 0 Å². The van der Waals surface area contributed by atoms with Gasteiger partial charge in [0.25, 0.3) is 0 Å². The van der Waals surface area contributed by atoms with Crippen LogP contribution in [0.2, 0.25) is 0 Å². The summed E-state index contributed by atoms with van der Waals surface area (Å²) in [4.78, 5) is 16.7. The van der Waals surface area contributed by atoms with E-state index in [0.717, 1.165) is 42.3 Å². The summed E-state index contributed by atoms with van der Waals surface area (Å²) in [7, 11) is 0. The number of carbonyl (C=O) groups is 1. The summed E-state index contributed by atoms with van der Waals surface area (Å²) in [6.07, 6.45) is 8.91. The molecule has 0 bridgehead atoms. The number of ether oxygens (including phenoxy) is 2. The number of benzene rings is 1. The third kappa shape index (κ3) is 8.17. The first-order valence-electron chi connectivity index (χ1n) is 12.8. The van der Waals surface area contributed by atoms with Gasteiger partial charge in [0.1, 0.15) is 11.4 Å². The van der Waals surface area contributed by atoms with E-state index in [-0.39, 0.29) is 6.09 Å². The average Bonchev–Trinajstić information content (AvgIpc) is 2.77. The highest BCUT2D eigenvalue weighted by atomic mass is 79.9. The maximum absolute atomic E-state index is 12.3. The van der Waals surface area contributed by atoms with Crippen molar-refractivity contribution in [1.29, 1.82) is 0 Å². The monoisotopic (exact) mass is 522 g/mol. The van der Waals surface area contributed by atoms with E-state index in [1.807, 2.05) is 25.7 Å². The molecule has 1 amide bonds. The van der Waals surface area contributed by atoms with E-state index in [9.17, 15) is 4.79 Å². The summed E-state index contributed by atoms with van der Waals surface area (Å²) >= 11 is 3.60. The molecule has 1 saturated carbocycles. The third-order valence-corrected chi connectivity index (χ3v) is 7.99. The molecule has 1 atom stereocenters. The predicted octanol–water partition coefficient (Wildman–Crippen LogP) is 6.81. The van der Waals surface area contributed by atoms with Crippen molar-refractivity contribution in [2.45, 2.75) is 97.3 Å². The van der Waals surface area contributed by atoms with Crippen molar-refractivity contribution < 1.29 is 14.3 Å². The molecule has 2 fully saturated rings. The zero-order valence-corrected chi connectivity index (χ0v) is 22.8. The van der Waals surface area contributed by atoms with Gasteiger partial charge >= 0.3 is 6.09 Å². The van der Waals surface area contributed by atoms with E-state index in [1.165, 1.54) is 50.5 Å². The molecule has 0 radical (unpaired) electrons. The van der Waals surface area contributed by atoms with Crippen molar-refractivity contribution >= 4 is 22.0 Å². The Kier molecular flexibility index (Phi) is 9.52. The first kappa shape index (κ1) is 26.3. The molecule has 1 aromatic rings. The molecule has 5 nitrogen and oxygen atoms in total. The van der Waals surface area contributed by atoms with Crippen molar-refractivity contribution in [3.05, 3.63) is 28.2 Å². The van der Waals surface area contributed by atoms with Gasteiger partial charge in [-0.2, -0.15) is 0 Å². The van der Waals surface area contributed by atoms with Gasteiger partial charge in [0.15, 0.2) is 0 Å². The fourth-order valence-electron chi connectivity index (χ4n) is 4.99. The zero-order valence-electron chi connectivity index (χ0n) is 21.2. The normalized spacial score (nSPS) is 23.3. The highest BCUT2D eigenvalue weighted by Crippen LogP contribution is 2.33. The van der Waals surface area contributed by atoms with Gasteiger partial charge in [-0.25, -0.2) is 4.79 Å². The van der Waals surface area contributed by atoms with E-state index < -0.39 is 5.60 Å². The van der Waals surface area contributed by atoms with Crippen molar-refractivity contribution in [1.82, 2.24) is 9.80 Å². The quantitative estimate of drug-likeness (QED) is 0.394. The lowest BCUT2D eigenvalue weighted by atomic mass is 9.84. The molecule has 33 heavy (non-hydrogen) atoms. The lowest BCUT2D eigenvalue weighted by Gasteiger charge is -2.38. The Labute approximate surface area is 209 Å². The van der Waals surface area contributed by atoms with Crippen molar-refractivity contribution in [2.75, 3.05) is 26.2 Å². The van der Waals surface area contributed by atoms with Crippen LogP contribution in [-0.2, 0) is 4.74 Å². The lowest BCUT2D eigenvalue weighted by Crippen LogP contribution is -2.52. The first-order valence-corrected chi connectivity index (χ1v) is 13.6. The van der Waals surface area contributed by atoms with Crippen molar-refractivity contribution in [3.63, 3.8) is 0 Å². The van der Waals surface area contributed by atoms with E-state index in [2.05, 4.69) is 52.9 Å². The van der Waals surface area contributed by atoms with E-state index in [0.29, 0.717) is 12.1 Å². The molecule has 1 aromatic carbocycles. The fourth-order valence-corrected chi connectivity index (χ4v) is 5.34. The Morgan fingerprint density at radius 2 is 1.79 bits per heavy atom. The van der Waals surface area contributed by atoms with Crippen LogP contribution in [0.25, 0.3) is 0 Å². The molecule has 0 N–H and O–H groups in total. The van der Waals surface area contributed by atoms with Gasteiger partial charge in [-0.15, -0.1) is 0 Å². The van der Waals surface area contributed by atoms with Crippen molar-refractivity contribution in [2.24, 2.45) is 5.92 Å². The standard InChI is InChI=1S/C27H43BrN2O3/c1-20(29-16-18-30(19-17-29)26(31)33-27(3,4)5)8-6-9-22-12-14-23(15-13-22)32-25-11-7-10-24(28)21(25)2/h7,10-11,20,22-23H,6,8-9,12-19H2,1-5H3/t20-,22?,23?/m0/s1. The minimum absolute atomic E-state index is 0.176. The van der Waals surface area contributed by atoms with Crippen LogP contribution in [0.15, 0.2) is 22.7 Å². The largest absolute Gasteiger partial charge is 0.490 e. The van der Waals surface area contributed by atoms with Crippen LogP contribution in [0.5, 0.6) is 5.75 Å². The molecule has 2 aliphatic rings. The van der Waals surface area contributed by atoms with Crippen LogP contribution in [0.3, 0.4) is 0 Å². The number of hydrogen-bond acceptors (Lipinski definition) is 4. The first-order chi connectivity index (χ1) is 15.6. The summed E-state index contributed by atoms with van der Waals surface area (Å²) in [5, 5.41) is 0. The summed E-state index contributed by atoms with van der Waals surface area (Å²) in [5.74, 6) is 1.86. The second kappa shape index (κ2) is 11.9. The number of nitrogens with zero attached hydrogens (tertiary/aromatic N) is 2. The van der Waals surface area contributed by atoms with Gasteiger partial charge in [0.2, 0.25) is 0 Å². The van der Waals surface area contributed by atoms with Gasteiger partial charge in [0.05, 0.1) is 6.10 Å². The van der Waals surface area contributed by atoms with Crippen LogP contribution >= 0.6 is 15.9 Å². The van der Waals surface area contributed by atoms with Crippen LogP contribution in [0.4, 0.5) is 4.79 Å². The van der Waals surface area contributed by atoms with Crippen LogP contribution in [-0.4, -0.2) is 59.8 Å². The molecule has 0 aromatic heterocycles. The molecule has 0 spiro atoms. The van der Waals surface area contributed by atoms with Crippen LogP contribution in [0, 0.1) is 12.8 Å². The summed E-state index contributed by atoms with van der Waals surface area (Å²) in [5.41, 5.74) is 0.769. The Morgan fingerprint density at radius 1 is 1.12 bits per heavy atom. The van der Waals surface area contributed by atoms with Crippen LogP contribution in [0.1, 0.15) is 78.2 Å². The van der Waals surface area contributed by atoms with E-state index in [4.69, 9.17) is 9.47 Å². The lowest BCUT2D eigenvalue weighted by molar-refractivity contribution is 0.0105. The number of hydrogen-bond donors (Lipinski definition) is 0. The molecule has 1 saturated heterocycles. The summed E-state index contributed by atoms with van der Waals surface area (Å²) in [6, 6.07) is 6.78. The maximum atomic E-state index is 12.3. The molecule has 1 aliphatic carbocycles. The highest BCUT2D eigenvalue weighted by Gasteiger charge is 2.28. The molecule has 186 valence electrons. The maximum Gasteiger partial charge on any atom is 0.410 e. The molecule has 1 aliphatic heterocycles. The number of halogens is 1. The average molecular weight is 524 g/mol. The predicted molar refractivity (Wildman–Crippen MR) is 138 cm³/mol. The Balaban J connectivity index is 1.30. The molecule has 3 rings (SSSR count). The van der Waals surface area contributed by atoms with Gasteiger partial charge < -0.3 is 14.4 Å². The van der Waals surface area contributed by atoms with E-state index >= 15 is 0 Å². The summed E-state index contributed by atoms with van der Waals surface area (Å²) in [6.45, 7) is 13.6. The SMILES string of the molecule is Cc1c(Br)cccc1OC1CCC(CCC[C@H](C)N2CCN(C(=O)OC(C)(C)C)CC2)CC1. The molecule has 0 unspecified atom stereocenters. The minimum Gasteiger partial charge on any atom is -0.490 e. The van der Waals surface area contributed by atoms with Gasteiger partial charge in [-0.05, 0) is 84.8 Å². The number of rotatable bonds is 7. The smallest absolute Gasteiger partial charge is 0.410 e. The zero-order chi connectivity index (χ0) is 24.0. The summed E-state index contributed by atoms with van der Waals surface area (Å²) < 4.78 is 12.9. The number of carbonyl (C=O) groups excluding carboxylic acids is 1. The highest BCUT2D eigenvalue weighted by molar-refractivity contribution is 9.10. The Hall–Kier alpha value is -1.27. The number of amides is 1. The Bertz CT molecular complexity index is 763. The number of piperazine rings is 1. The topological polar surface area (TPSA) is 42.0 Å². The molecule has 1 heterocycles. The minimum atomic E-state index is -0.426. The van der Waals surface area contributed by atoms with Gasteiger partial charge in [-0.1, -0.05) is 34.8 Å². The fraction of sp³-hybridized carbons (Fsp3) is 0.741. The second-order valence-electron chi connectivity index (χ2n) is 10.9. The van der Waals surface area contributed by atoms with Gasteiger partial charge in [0, 0.05) is 42.3 Å².